The van der Waals surface area contributed by atoms with Gasteiger partial charge in [0.1, 0.15) is 5.82 Å². The maximum absolute atomic E-state index is 12.7. The van der Waals surface area contributed by atoms with Gasteiger partial charge < -0.3 is 10.0 Å². The van der Waals surface area contributed by atoms with Crippen LogP contribution in [0.2, 0.25) is 0 Å². The Balaban J connectivity index is 1.71. The molecule has 1 saturated heterocycles. The number of benzene rings is 1. The number of likely N-dealkylation sites (tertiary alicyclic amines) is 1. The van der Waals surface area contributed by atoms with Gasteiger partial charge in [-0.2, -0.15) is 0 Å². The molecule has 4 heteroatoms. The van der Waals surface area contributed by atoms with E-state index in [1.54, 1.807) is 11.8 Å². The molecule has 0 saturated carbocycles. The third kappa shape index (κ3) is 3.97. The van der Waals surface area contributed by atoms with E-state index in [1.165, 1.54) is 12.1 Å². The summed E-state index contributed by atoms with van der Waals surface area (Å²) in [5.41, 5.74) is 0. The first-order chi connectivity index (χ1) is 8.65. The van der Waals surface area contributed by atoms with Gasteiger partial charge in [0, 0.05) is 30.3 Å². The van der Waals surface area contributed by atoms with Crippen LogP contribution in [-0.4, -0.2) is 41.5 Å². The SMILES string of the molecule is CC1CN(CCSc2ccc(F)cc2)CCC1O. The van der Waals surface area contributed by atoms with Crippen LogP contribution in [-0.2, 0) is 0 Å². The van der Waals surface area contributed by atoms with Crippen LogP contribution in [0.1, 0.15) is 13.3 Å². The van der Waals surface area contributed by atoms with Gasteiger partial charge in [0.2, 0.25) is 0 Å². The predicted octanol–water partition coefficient (Wildman–Crippen LogP) is 2.62. The smallest absolute Gasteiger partial charge is 0.123 e. The van der Waals surface area contributed by atoms with E-state index in [4.69, 9.17) is 0 Å². The number of hydrogen-bond acceptors (Lipinski definition) is 3. The van der Waals surface area contributed by atoms with E-state index in [2.05, 4.69) is 11.8 Å². The Labute approximate surface area is 112 Å². The summed E-state index contributed by atoms with van der Waals surface area (Å²) in [6.07, 6.45) is 0.744. The molecule has 1 aliphatic rings. The zero-order valence-electron chi connectivity index (χ0n) is 10.7. The minimum Gasteiger partial charge on any atom is -0.393 e. The van der Waals surface area contributed by atoms with E-state index in [0.717, 1.165) is 36.7 Å². The number of aliphatic hydroxyl groups is 1. The van der Waals surface area contributed by atoms with Gasteiger partial charge in [-0.1, -0.05) is 6.92 Å². The van der Waals surface area contributed by atoms with Gasteiger partial charge in [-0.05, 0) is 36.6 Å². The molecule has 2 rings (SSSR count). The van der Waals surface area contributed by atoms with Crippen molar-refractivity contribution in [2.75, 3.05) is 25.4 Å². The van der Waals surface area contributed by atoms with E-state index in [9.17, 15) is 9.50 Å². The Morgan fingerprint density at radius 3 is 2.78 bits per heavy atom. The molecule has 1 N–H and O–H groups in total. The van der Waals surface area contributed by atoms with Crippen LogP contribution in [0.25, 0.3) is 0 Å². The number of nitrogens with zero attached hydrogens (tertiary/aromatic N) is 1. The molecule has 18 heavy (non-hydrogen) atoms. The van der Waals surface area contributed by atoms with Crippen molar-refractivity contribution in [1.29, 1.82) is 0 Å². The quantitative estimate of drug-likeness (QED) is 0.850. The maximum Gasteiger partial charge on any atom is 0.123 e. The van der Waals surface area contributed by atoms with Crippen LogP contribution in [0.5, 0.6) is 0 Å². The highest BCUT2D eigenvalue weighted by molar-refractivity contribution is 7.99. The molecular weight excluding hydrogens is 249 g/mol. The Hall–Kier alpha value is -0.580. The van der Waals surface area contributed by atoms with Crippen LogP contribution in [0.3, 0.4) is 0 Å². The van der Waals surface area contributed by atoms with Crippen molar-refractivity contribution in [1.82, 2.24) is 4.90 Å². The molecule has 1 aromatic rings. The fourth-order valence-electron chi connectivity index (χ4n) is 2.25. The second kappa shape index (κ2) is 6.55. The lowest BCUT2D eigenvalue weighted by molar-refractivity contribution is 0.0377. The minimum atomic E-state index is -0.182. The summed E-state index contributed by atoms with van der Waals surface area (Å²) in [5, 5.41) is 9.66. The lowest BCUT2D eigenvalue weighted by Crippen LogP contribution is -2.42. The van der Waals surface area contributed by atoms with Crippen LogP contribution in [0, 0.1) is 11.7 Å². The standard InChI is InChI=1S/C14H20FNOS/c1-11-10-16(7-6-14(11)17)8-9-18-13-4-2-12(15)3-5-13/h2-5,11,14,17H,6-10H2,1H3. The maximum atomic E-state index is 12.7. The zero-order valence-corrected chi connectivity index (χ0v) is 11.5. The molecule has 0 amide bonds. The van der Waals surface area contributed by atoms with E-state index >= 15 is 0 Å². The third-order valence-electron chi connectivity index (χ3n) is 3.43. The van der Waals surface area contributed by atoms with Gasteiger partial charge in [0.15, 0.2) is 0 Å². The first-order valence-corrected chi connectivity index (χ1v) is 7.42. The van der Waals surface area contributed by atoms with Gasteiger partial charge in [-0.3, -0.25) is 0 Å². The van der Waals surface area contributed by atoms with Gasteiger partial charge in [0.25, 0.3) is 0 Å². The van der Waals surface area contributed by atoms with E-state index in [1.807, 2.05) is 12.1 Å². The summed E-state index contributed by atoms with van der Waals surface area (Å²) in [7, 11) is 0. The second-order valence-corrected chi connectivity index (χ2v) is 6.10. The average Bonchev–Trinajstić information content (AvgIpc) is 2.36. The summed E-state index contributed by atoms with van der Waals surface area (Å²) in [6, 6.07) is 6.65. The normalized spacial score (nSPS) is 25.3. The van der Waals surface area contributed by atoms with Crippen molar-refractivity contribution in [3.05, 3.63) is 30.1 Å². The number of thioether (sulfide) groups is 1. The number of halogens is 1. The Morgan fingerprint density at radius 2 is 2.11 bits per heavy atom. The Bertz CT molecular complexity index is 371. The van der Waals surface area contributed by atoms with Crippen molar-refractivity contribution in [2.45, 2.75) is 24.3 Å². The highest BCUT2D eigenvalue weighted by Gasteiger charge is 2.23. The molecule has 1 fully saturated rings. The lowest BCUT2D eigenvalue weighted by atomic mass is 9.97. The van der Waals surface area contributed by atoms with E-state index < -0.39 is 0 Å². The average molecular weight is 269 g/mol. The summed E-state index contributed by atoms with van der Waals surface area (Å²) < 4.78 is 12.7. The predicted molar refractivity (Wildman–Crippen MR) is 73.4 cm³/mol. The Kier molecular flexibility index (Phi) is 5.03. The fraction of sp³-hybridized carbons (Fsp3) is 0.571. The number of hydrogen-bond donors (Lipinski definition) is 1. The summed E-state index contributed by atoms with van der Waals surface area (Å²) in [5.74, 6) is 1.20. The van der Waals surface area contributed by atoms with Crippen LogP contribution in [0.4, 0.5) is 4.39 Å². The van der Waals surface area contributed by atoms with Crippen LogP contribution in [0.15, 0.2) is 29.2 Å². The molecular formula is C14H20FNOS. The van der Waals surface area contributed by atoms with Crippen LogP contribution < -0.4 is 0 Å². The van der Waals surface area contributed by atoms with Gasteiger partial charge in [-0.15, -0.1) is 11.8 Å². The molecule has 1 heterocycles. The third-order valence-corrected chi connectivity index (χ3v) is 4.43. The molecule has 2 atom stereocenters. The summed E-state index contributed by atoms with van der Waals surface area (Å²) >= 11 is 1.75. The van der Waals surface area contributed by atoms with Gasteiger partial charge in [0.05, 0.1) is 6.10 Å². The topological polar surface area (TPSA) is 23.5 Å². The van der Waals surface area contributed by atoms with Crippen molar-refractivity contribution < 1.29 is 9.50 Å². The number of aliphatic hydroxyl groups excluding tert-OH is 1. The van der Waals surface area contributed by atoms with E-state index in [-0.39, 0.29) is 11.9 Å². The second-order valence-electron chi connectivity index (χ2n) is 4.94. The van der Waals surface area contributed by atoms with Crippen molar-refractivity contribution in [3.8, 4) is 0 Å². The molecule has 2 unspecified atom stereocenters. The molecule has 0 radical (unpaired) electrons. The van der Waals surface area contributed by atoms with Crippen molar-refractivity contribution >= 4 is 11.8 Å². The summed E-state index contributed by atoms with van der Waals surface area (Å²) in [6.45, 7) is 5.09. The first kappa shape index (κ1) is 13.8. The van der Waals surface area contributed by atoms with Gasteiger partial charge in [-0.25, -0.2) is 4.39 Å². The molecule has 0 spiro atoms. The van der Waals surface area contributed by atoms with Crippen molar-refractivity contribution in [2.24, 2.45) is 5.92 Å². The highest BCUT2D eigenvalue weighted by atomic mass is 32.2. The summed E-state index contributed by atoms with van der Waals surface area (Å²) in [4.78, 5) is 3.51. The number of rotatable bonds is 4. The molecule has 1 aromatic carbocycles. The molecule has 2 nitrogen and oxygen atoms in total. The zero-order chi connectivity index (χ0) is 13.0. The van der Waals surface area contributed by atoms with Crippen LogP contribution >= 0.6 is 11.8 Å². The molecule has 0 aromatic heterocycles. The largest absolute Gasteiger partial charge is 0.393 e. The van der Waals surface area contributed by atoms with Gasteiger partial charge >= 0.3 is 0 Å². The minimum absolute atomic E-state index is 0.133. The lowest BCUT2D eigenvalue weighted by Gasteiger charge is -2.34. The molecule has 1 aliphatic heterocycles. The number of piperidine rings is 1. The molecule has 100 valence electrons. The first-order valence-electron chi connectivity index (χ1n) is 6.44. The molecule has 0 aliphatic carbocycles. The highest BCUT2D eigenvalue weighted by Crippen LogP contribution is 2.20. The van der Waals surface area contributed by atoms with Crippen molar-refractivity contribution in [3.63, 3.8) is 0 Å². The fourth-order valence-corrected chi connectivity index (χ4v) is 3.16. The van der Waals surface area contributed by atoms with E-state index in [0.29, 0.717) is 5.92 Å². The monoisotopic (exact) mass is 269 g/mol. The molecule has 0 bridgehead atoms. The Morgan fingerprint density at radius 1 is 1.39 bits per heavy atom.